The lowest BCUT2D eigenvalue weighted by molar-refractivity contribution is -0.130. The van der Waals surface area contributed by atoms with Crippen LogP contribution in [-0.4, -0.2) is 34.3 Å². The van der Waals surface area contributed by atoms with Gasteiger partial charge < -0.3 is 10.6 Å². The van der Waals surface area contributed by atoms with Gasteiger partial charge in [0.2, 0.25) is 5.91 Å². The fourth-order valence-corrected chi connectivity index (χ4v) is 2.30. The molecule has 2 heterocycles. The minimum Gasteiger partial charge on any atom is -0.322 e. The second-order valence-electron chi connectivity index (χ2n) is 4.98. The summed E-state index contributed by atoms with van der Waals surface area (Å²) in [5, 5.41) is 5.12. The smallest absolute Gasteiger partial charge is 0.322 e. The van der Waals surface area contributed by atoms with Crippen LogP contribution in [0.5, 0.6) is 0 Å². The van der Waals surface area contributed by atoms with E-state index in [9.17, 15) is 14.4 Å². The van der Waals surface area contributed by atoms with Crippen LogP contribution >= 0.6 is 0 Å². The van der Waals surface area contributed by atoms with Crippen LogP contribution in [-0.2, 0) is 9.59 Å². The average Bonchev–Trinajstić information content (AvgIpc) is 2.85. The molecule has 1 aliphatic heterocycles. The van der Waals surface area contributed by atoms with Crippen molar-refractivity contribution in [3.8, 4) is 0 Å². The molecular formula is C16H14N4O3. The molecule has 2 N–H and O–H groups in total. The molecule has 1 atom stereocenters. The number of aromatic nitrogens is 1. The second-order valence-corrected chi connectivity index (χ2v) is 4.98. The largest absolute Gasteiger partial charge is 0.325 e. The first kappa shape index (κ1) is 14.7. The molecule has 1 aromatic carbocycles. The predicted molar refractivity (Wildman–Crippen MR) is 82.3 cm³/mol. The summed E-state index contributed by atoms with van der Waals surface area (Å²) in [5.41, 5.74) is 0.679. The molecule has 0 saturated carbocycles. The highest BCUT2D eigenvalue weighted by molar-refractivity contribution is 6.08. The summed E-state index contributed by atoms with van der Waals surface area (Å²) < 4.78 is 0. The van der Waals surface area contributed by atoms with Gasteiger partial charge in [-0.2, -0.15) is 0 Å². The van der Waals surface area contributed by atoms with Crippen molar-refractivity contribution >= 4 is 23.7 Å². The third kappa shape index (κ3) is 3.18. The van der Waals surface area contributed by atoms with Crippen molar-refractivity contribution in [1.82, 2.24) is 15.2 Å². The second kappa shape index (κ2) is 6.27. The molecule has 1 unspecified atom stereocenters. The Hall–Kier alpha value is -3.22. The summed E-state index contributed by atoms with van der Waals surface area (Å²) in [6.45, 7) is -0.357. The first-order valence-electron chi connectivity index (χ1n) is 7.03. The molecule has 0 aliphatic carbocycles. The Kier molecular flexibility index (Phi) is 4.01. The molecule has 4 amide bonds. The van der Waals surface area contributed by atoms with Gasteiger partial charge in [0.1, 0.15) is 18.4 Å². The quantitative estimate of drug-likeness (QED) is 0.833. The van der Waals surface area contributed by atoms with Gasteiger partial charge in [-0.3, -0.25) is 14.5 Å². The zero-order chi connectivity index (χ0) is 16.2. The summed E-state index contributed by atoms with van der Waals surface area (Å²) in [7, 11) is 0. The number of nitrogens with zero attached hydrogens (tertiary/aromatic N) is 2. The molecule has 7 nitrogen and oxygen atoms in total. The zero-order valence-corrected chi connectivity index (χ0v) is 12.1. The topological polar surface area (TPSA) is 91.4 Å². The number of benzene rings is 1. The zero-order valence-electron chi connectivity index (χ0n) is 12.1. The number of imide groups is 1. The van der Waals surface area contributed by atoms with Gasteiger partial charge in [0, 0.05) is 6.20 Å². The summed E-state index contributed by atoms with van der Waals surface area (Å²) in [4.78, 5) is 41.1. The van der Waals surface area contributed by atoms with Gasteiger partial charge in [0.05, 0.1) is 0 Å². The SMILES string of the molecule is O=C(CN1C(=O)NC(c2ccccc2)C1=O)Nc1ccccn1. The summed E-state index contributed by atoms with van der Waals surface area (Å²) >= 11 is 0. The molecule has 3 rings (SSSR count). The third-order valence-corrected chi connectivity index (χ3v) is 3.39. The number of pyridine rings is 1. The van der Waals surface area contributed by atoms with Gasteiger partial charge in [-0.15, -0.1) is 0 Å². The van der Waals surface area contributed by atoms with Crippen molar-refractivity contribution in [1.29, 1.82) is 0 Å². The van der Waals surface area contributed by atoms with Crippen molar-refractivity contribution in [2.45, 2.75) is 6.04 Å². The molecule has 1 saturated heterocycles. The number of hydrogen-bond donors (Lipinski definition) is 2. The van der Waals surface area contributed by atoms with E-state index in [1.165, 1.54) is 6.20 Å². The lowest BCUT2D eigenvalue weighted by Gasteiger charge is -2.12. The molecule has 1 aliphatic rings. The number of amides is 4. The highest BCUT2D eigenvalue weighted by atomic mass is 16.2. The first-order valence-corrected chi connectivity index (χ1v) is 7.03. The van der Waals surface area contributed by atoms with E-state index in [0.29, 0.717) is 11.4 Å². The maximum atomic E-state index is 12.4. The van der Waals surface area contributed by atoms with Gasteiger partial charge >= 0.3 is 6.03 Å². The Morgan fingerprint density at radius 1 is 1.13 bits per heavy atom. The van der Waals surface area contributed by atoms with Gasteiger partial charge in [-0.1, -0.05) is 36.4 Å². The Balaban J connectivity index is 1.67. The van der Waals surface area contributed by atoms with Crippen LogP contribution in [0.3, 0.4) is 0 Å². The molecule has 2 aromatic rings. The van der Waals surface area contributed by atoms with Crippen LogP contribution in [0.1, 0.15) is 11.6 Å². The van der Waals surface area contributed by atoms with Crippen molar-refractivity contribution in [2.75, 3.05) is 11.9 Å². The van der Waals surface area contributed by atoms with Crippen molar-refractivity contribution < 1.29 is 14.4 Å². The molecule has 0 radical (unpaired) electrons. The van der Waals surface area contributed by atoms with Crippen molar-refractivity contribution in [2.24, 2.45) is 0 Å². The van der Waals surface area contributed by atoms with E-state index in [4.69, 9.17) is 0 Å². The molecule has 0 bridgehead atoms. The lowest BCUT2D eigenvalue weighted by atomic mass is 10.1. The summed E-state index contributed by atoms with van der Waals surface area (Å²) in [5.74, 6) is -0.567. The van der Waals surface area contributed by atoms with Crippen LogP contribution in [0.2, 0.25) is 0 Å². The highest BCUT2D eigenvalue weighted by Gasteiger charge is 2.39. The Labute approximate surface area is 132 Å². The minimum atomic E-state index is -0.758. The van der Waals surface area contributed by atoms with Crippen LogP contribution in [0, 0.1) is 0 Å². The van der Waals surface area contributed by atoms with Crippen molar-refractivity contribution in [3.05, 3.63) is 60.3 Å². The van der Waals surface area contributed by atoms with Crippen LogP contribution in [0.4, 0.5) is 10.6 Å². The third-order valence-electron chi connectivity index (χ3n) is 3.39. The van der Waals surface area contributed by atoms with E-state index in [-0.39, 0.29) is 6.54 Å². The Morgan fingerprint density at radius 3 is 2.57 bits per heavy atom. The molecule has 1 fully saturated rings. The van der Waals surface area contributed by atoms with Crippen LogP contribution in [0.15, 0.2) is 54.7 Å². The number of rotatable bonds is 4. The van der Waals surface area contributed by atoms with Gasteiger partial charge in [0.15, 0.2) is 0 Å². The van der Waals surface area contributed by atoms with Gasteiger partial charge in [-0.25, -0.2) is 9.78 Å². The van der Waals surface area contributed by atoms with E-state index in [2.05, 4.69) is 15.6 Å². The first-order chi connectivity index (χ1) is 11.1. The number of urea groups is 1. The van der Waals surface area contributed by atoms with E-state index < -0.39 is 23.9 Å². The molecule has 23 heavy (non-hydrogen) atoms. The van der Waals surface area contributed by atoms with E-state index in [1.54, 1.807) is 42.5 Å². The van der Waals surface area contributed by atoms with E-state index >= 15 is 0 Å². The summed E-state index contributed by atoms with van der Waals surface area (Å²) in [6, 6.07) is 12.6. The van der Waals surface area contributed by atoms with Crippen LogP contribution in [0.25, 0.3) is 0 Å². The number of carbonyl (C=O) groups excluding carboxylic acids is 3. The Bertz CT molecular complexity index is 734. The minimum absolute atomic E-state index is 0.357. The molecule has 116 valence electrons. The van der Waals surface area contributed by atoms with Gasteiger partial charge in [0.25, 0.3) is 5.91 Å². The number of nitrogens with one attached hydrogen (secondary N) is 2. The monoisotopic (exact) mass is 310 g/mol. The fraction of sp³-hybridized carbons (Fsp3) is 0.125. The number of anilines is 1. The van der Waals surface area contributed by atoms with E-state index in [1.807, 2.05) is 6.07 Å². The van der Waals surface area contributed by atoms with Crippen molar-refractivity contribution in [3.63, 3.8) is 0 Å². The summed E-state index contributed by atoms with van der Waals surface area (Å²) in [6.07, 6.45) is 1.54. The standard InChI is InChI=1S/C16H14N4O3/c21-13(18-12-8-4-5-9-17-12)10-20-15(22)14(19-16(20)23)11-6-2-1-3-7-11/h1-9,14H,10H2,(H,19,23)(H,17,18,21). The van der Waals surface area contributed by atoms with Gasteiger partial charge in [-0.05, 0) is 17.7 Å². The number of hydrogen-bond acceptors (Lipinski definition) is 4. The van der Waals surface area contributed by atoms with E-state index in [0.717, 1.165) is 4.90 Å². The maximum absolute atomic E-state index is 12.4. The van der Waals surface area contributed by atoms with Crippen LogP contribution < -0.4 is 10.6 Å². The predicted octanol–water partition coefficient (Wildman–Crippen LogP) is 1.31. The molecule has 0 spiro atoms. The fourth-order valence-electron chi connectivity index (χ4n) is 2.30. The lowest BCUT2D eigenvalue weighted by Crippen LogP contribution is -2.38. The average molecular weight is 310 g/mol. The molecule has 7 heteroatoms. The maximum Gasteiger partial charge on any atom is 0.325 e. The molecular weight excluding hydrogens is 296 g/mol. The highest BCUT2D eigenvalue weighted by Crippen LogP contribution is 2.21. The normalized spacial score (nSPS) is 17.0. The Morgan fingerprint density at radius 2 is 1.87 bits per heavy atom. The molecule has 1 aromatic heterocycles. The number of carbonyl (C=O) groups is 3.